The van der Waals surface area contributed by atoms with Crippen molar-refractivity contribution in [2.75, 3.05) is 5.75 Å². The van der Waals surface area contributed by atoms with Gasteiger partial charge in [-0.05, 0) is 19.1 Å². The number of rotatable bonds is 6. The van der Waals surface area contributed by atoms with E-state index in [0.717, 1.165) is 23.3 Å². The molecule has 0 radical (unpaired) electrons. The number of aromatic nitrogens is 3. The molecule has 0 amide bonds. The molecule has 5 nitrogen and oxygen atoms in total. The van der Waals surface area contributed by atoms with Gasteiger partial charge in [0.1, 0.15) is 12.4 Å². The molecule has 98 valence electrons. The van der Waals surface area contributed by atoms with Crippen LogP contribution in [0, 0.1) is 11.3 Å². The van der Waals surface area contributed by atoms with E-state index in [1.165, 1.54) is 11.8 Å². The summed E-state index contributed by atoms with van der Waals surface area (Å²) in [5.74, 6) is 1.95. The normalized spacial score (nSPS) is 10.1. The Kier molecular flexibility index (Phi) is 4.81. The molecule has 0 spiro atoms. The summed E-state index contributed by atoms with van der Waals surface area (Å²) in [5.41, 5.74) is 0. The van der Waals surface area contributed by atoms with Gasteiger partial charge in [0, 0.05) is 6.54 Å². The van der Waals surface area contributed by atoms with Crippen LogP contribution < -0.4 is 4.74 Å². The fraction of sp³-hybridized carbons (Fsp3) is 0.308. The molecule has 2 aromatic rings. The van der Waals surface area contributed by atoms with Gasteiger partial charge in [-0.1, -0.05) is 30.0 Å². The lowest BCUT2D eigenvalue weighted by Crippen LogP contribution is -2.07. The summed E-state index contributed by atoms with van der Waals surface area (Å²) in [7, 11) is 0. The fourth-order valence-corrected chi connectivity index (χ4v) is 2.29. The van der Waals surface area contributed by atoms with Gasteiger partial charge in [0.15, 0.2) is 11.0 Å². The van der Waals surface area contributed by atoms with Crippen LogP contribution in [0.15, 0.2) is 35.5 Å². The van der Waals surface area contributed by atoms with Crippen LogP contribution in [0.2, 0.25) is 0 Å². The second-order valence-electron chi connectivity index (χ2n) is 3.69. The monoisotopic (exact) mass is 274 g/mol. The van der Waals surface area contributed by atoms with Gasteiger partial charge in [0.05, 0.1) is 11.8 Å². The van der Waals surface area contributed by atoms with Crippen molar-refractivity contribution in [3.05, 3.63) is 36.2 Å². The first-order valence-electron chi connectivity index (χ1n) is 5.94. The third-order valence-electron chi connectivity index (χ3n) is 2.49. The Balaban J connectivity index is 2.04. The number of ether oxygens (including phenoxy) is 1. The van der Waals surface area contributed by atoms with Crippen molar-refractivity contribution in [2.45, 2.75) is 25.2 Å². The van der Waals surface area contributed by atoms with E-state index in [-0.39, 0.29) is 0 Å². The van der Waals surface area contributed by atoms with Crippen molar-refractivity contribution in [3.63, 3.8) is 0 Å². The Labute approximate surface area is 116 Å². The Morgan fingerprint density at radius 3 is 2.79 bits per heavy atom. The van der Waals surface area contributed by atoms with Gasteiger partial charge in [0.2, 0.25) is 0 Å². The quantitative estimate of drug-likeness (QED) is 0.757. The highest BCUT2D eigenvalue weighted by atomic mass is 32.2. The van der Waals surface area contributed by atoms with Crippen molar-refractivity contribution in [2.24, 2.45) is 0 Å². The summed E-state index contributed by atoms with van der Waals surface area (Å²) in [5, 5.41) is 17.6. The summed E-state index contributed by atoms with van der Waals surface area (Å²) in [6.07, 6.45) is 0. The minimum absolute atomic E-state index is 0.373. The lowest BCUT2D eigenvalue weighted by atomic mass is 10.3. The van der Waals surface area contributed by atoms with Gasteiger partial charge in [-0.25, -0.2) is 0 Å². The number of para-hydroxylation sites is 1. The molecule has 0 aliphatic carbocycles. The minimum atomic E-state index is 0.373. The number of hydrogen-bond donors (Lipinski definition) is 0. The molecule has 0 N–H and O–H groups in total. The van der Waals surface area contributed by atoms with E-state index in [1.807, 2.05) is 41.8 Å². The van der Waals surface area contributed by atoms with Gasteiger partial charge >= 0.3 is 0 Å². The fourth-order valence-electron chi connectivity index (χ4n) is 1.61. The average molecular weight is 274 g/mol. The largest absolute Gasteiger partial charge is 0.486 e. The van der Waals surface area contributed by atoms with Crippen LogP contribution in [0.1, 0.15) is 12.7 Å². The molecular weight excluding hydrogens is 260 g/mol. The Hall–Kier alpha value is -2.00. The van der Waals surface area contributed by atoms with Crippen molar-refractivity contribution in [1.82, 2.24) is 14.8 Å². The second-order valence-corrected chi connectivity index (χ2v) is 4.63. The maximum atomic E-state index is 8.60. The predicted molar refractivity (Wildman–Crippen MR) is 72.8 cm³/mol. The summed E-state index contributed by atoms with van der Waals surface area (Å²) in [6, 6.07) is 11.7. The molecule has 6 heteroatoms. The lowest BCUT2D eigenvalue weighted by molar-refractivity contribution is 0.288. The topological polar surface area (TPSA) is 63.7 Å². The summed E-state index contributed by atoms with van der Waals surface area (Å²) >= 11 is 1.39. The van der Waals surface area contributed by atoms with Crippen LogP contribution in [0.3, 0.4) is 0 Å². The minimum Gasteiger partial charge on any atom is -0.486 e. The van der Waals surface area contributed by atoms with E-state index in [0.29, 0.717) is 12.4 Å². The van der Waals surface area contributed by atoms with Gasteiger partial charge in [-0.2, -0.15) is 5.26 Å². The predicted octanol–water partition coefficient (Wildman–Crippen LogP) is 2.49. The molecule has 1 aromatic carbocycles. The first-order valence-corrected chi connectivity index (χ1v) is 6.93. The second kappa shape index (κ2) is 6.81. The lowest BCUT2D eigenvalue weighted by Gasteiger charge is -2.08. The summed E-state index contributed by atoms with van der Waals surface area (Å²) < 4.78 is 7.62. The molecule has 0 atom stereocenters. The highest BCUT2D eigenvalue weighted by Crippen LogP contribution is 2.17. The Morgan fingerprint density at radius 2 is 2.11 bits per heavy atom. The molecule has 0 fully saturated rings. The maximum absolute atomic E-state index is 8.60. The molecule has 1 aromatic heterocycles. The van der Waals surface area contributed by atoms with Crippen molar-refractivity contribution in [1.29, 1.82) is 5.26 Å². The van der Waals surface area contributed by atoms with Gasteiger partial charge in [-0.15, -0.1) is 10.2 Å². The van der Waals surface area contributed by atoms with E-state index >= 15 is 0 Å². The van der Waals surface area contributed by atoms with Crippen LogP contribution in [0.5, 0.6) is 5.75 Å². The van der Waals surface area contributed by atoms with E-state index in [4.69, 9.17) is 10.00 Å². The molecule has 0 saturated heterocycles. The van der Waals surface area contributed by atoms with E-state index in [1.54, 1.807) is 0 Å². The van der Waals surface area contributed by atoms with Crippen LogP contribution in [-0.2, 0) is 13.2 Å². The zero-order valence-corrected chi connectivity index (χ0v) is 11.4. The van der Waals surface area contributed by atoms with E-state index < -0.39 is 0 Å². The zero-order valence-electron chi connectivity index (χ0n) is 10.6. The van der Waals surface area contributed by atoms with Gasteiger partial charge in [-0.3, -0.25) is 0 Å². The first-order chi connectivity index (χ1) is 9.35. The van der Waals surface area contributed by atoms with Crippen LogP contribution in [0.4, 0.5) is 0 Å². The third kappa shape index (κ3) is 3.48. The highest BCUT2D eigenvalue weighted by molar-refractivity contribution is 7.99. The number of hydrogen-bond acceptors (Lipinski definition) is 5. The molecular formula is C13H14N4OS. The third-order valence-corrected chi connectivity index (χ3v) is 3.32. The number of benzene rings is 1. The molecule has 0 saturated carbocycles. The van der Waals surface area contributed by atoms with Crippen LogP contribution >= 0.6 is 11.8 Å². The van der Waals surface area contributed by atoms with E-state index in [9.17, 15) is 0 Å². The zero-order chi connectivity index (χ0) is 13.5. The molecule has 0 bridgehead atoms. The molecule has 0 unspecified atom stereocenters. The smallest absolute Gasteiger partial charge is 0.192 e. The van der Waals surface area contributed by atoms with Gasteiger partial charge in [0.25, 0.3) is 0 Å². The molecule has 0 aliphatic heterocycles. The Morgan fingerprint density at radius 1 is 1.32 bits per heavy atom. The summed E-state index contributed by atoms with van der Waals surface area (Å²) in [6.45, 7) is 3.15. The number of thioether (sulfide) groups is 1. The van der Waals surface area contributed by atoms with Crippen LogP contribution in [-0.4, -0.2) is 20.5 Å². The summed E-state index contributed by atoms with van der Waals surface area (Å²) in [4.78, 5) is 0. The molecule has 0 aliphatic rings. The average Bonchev–Trinajstić information content (AvgIpc) is 2.86. The van der Waals surface area contributed by atoms with Crippen molar-refractivity contribution >= 4 is 11.8 Å². The molecule has 19 heavy (non-hydrogen) atoms. The Bertz CT molecular complexity index is 562. The van der Waals surface area contributed by atoms with Crippen molar-refractivity contribution < 1.29 is 4.74 Å². The maximum Gasteiger partial charge on any atom is 0.192 e. The van der Waals surface area contributed by atoms with Crippen molar-refractivity contribution in [3.8, 4) is 11.8 Å². The van der Waals surface area contributed by atoms with Gasteiger partial charge < -0.3 is 9.30 Å². The first kappa shape index (κ1) is 13.4. The standard InChI is InChI=1S/C13H14N4OS/c1-2-17-12(15-16-13(17)19-9-8-14)10-18-11-6-4-3-5-7-11/h3-7H,2,9-10H2,1H3. The number of nitriles is 1. The SMILES string of the molecule is CCn1c(COc2ccccc2)nnc1SCC#N. The van der Waals surface area contributed by atoms with E-state index in [2.05, 4.69) is 16.3 Å². The number of nitrogens with zero attached hydrogens (tertiary/aromatic N) is 4. The van der Waals surface area contributed by atoms with Crippen LogP contribution in [0.25, 0.3) is 0 Å². The molecule has 1 heterocycles. The molecule has 2 rings (SSSR count). The highest BCUT2D eigenvalue weighted by Gasteiger charge is 2.11.